The van der Waals surface area contributed by atoms with Gasteiger partial charge in [0.05, 0.1) is 5.69 Å². The Hall–Kier alpha value is -4.44. The van der Waals surface area contributed by atoms with E-state index in [9.17, 15) is 19.5 Å². The number of amides is 2. The second-order valence-electron chi connectivity index (χ2n) is 11.6. The van der Waals surface area contributed by atoms with Gasteiger partial charge in [-0.15, -0.1) is 11.3 Å². The molecule has 3 heterocycles. The Labute approximate surface area is 247 Å². The average Bonchev–Trinajstić information content (AvgIpc) is 3.75. The van der Waals surface area contributed by atoms with Crippen molar-refractivity contribution in [2.45, 2.75) is 51.0 Å². The normalized spacial score (nSPS) is 14.1. The van der Waals surface area contributed by atoms with Crippen LogP contribution in [-0.2, 0) is 18.9 Å². The van der Waals surface area contributed by atoms with Crippen LogP contribution in [0.4, 0.5) is 5.69 Å². The van der Waals surface area contributed by atoms with Gasteiger partial charge in [-0.1, -0.05) is 18.9 Å². The topological polar surface area (TPSA) is 118 Å². The summed E-state index contributed by atoms with van der Waals surface area (Å²) in [7, 11) is 3.71. The van der Waals surface area contributed by atoms with Crippen LogP contribution in [0.25, 0.3) is 32.5 Å². The molecule has 3 aromatic heterocycles. The lowest BCUT2D eigenvalue weighted by molar-refractivity contribution is -0.120. The molecule has 2 aromatic carbocycles. The number of thiazole rings is 1. The maximum absolute atomic E-state index is 13.5. The molecule has 0 bridgehead atoms. The number of aryl methyl sites for hydroxylation is 2. The first kappa shape index (κ1) is 27.7. The molecular formula is C32H33N5O4S. The van der Waals surface area contributed by atoms with E-state index >= 15 is 0 Å². The fraction of sp³-hybridized carbons (Fsp3) is 0.312. The highest BCUT2D eigenvalue weighted by atomic mass is 32.1. The van der Waals surface area contributed by atoms with Crippen LogP contribution in [0, 0.1) is 0 Å². The number of nitrogens with zero attached hydrogens (tertiary/aromatic N) is 3. The highest BCUT2D eigenvalue weighted by Gasteiger charge is 2.31. The van der Waals surface area contributed by atoms with Gasteiger partial charge in [0.15, 0.2) is 0 Å². The second kappa shape index (κ2) is 10.4. The van der Waals surface area contributed by atoms with Crippen LogP contribution >= 0.6 is 11.3 Å². The summed E-state index contributed by atoms with van der Waals surface area (Å²) in [5, 5.41) is 20.0. The van der Waals surface area contributed by atoms with Gasteiger partial charge in [-0.2, -0.15) is 0 Å². The first-order chi connectivity index (χ1) is 20.0. The van der Waals surface area contributed by atoms with Crippen molar-refractivity contribution in [3.8, 4) is 10.7 Å². The van der Waals surface area contributed by atoms with Crippen molar-refractivity contribution < 1.29 is 19.5 Å². The standard InChI is InChI=1S/C32H33N5O4S/c1-32(2,31(41)34-21-10-12-23-20(15-21)17-25(30(39)40)36(23)3)35-28(38)19-9-11-22-24(16-19)37(4)27(29-33-13-14-42-29)26(22)18-7-5-6-8-18/h9-18H,5-8H2,1-4H3,(H,34,41)(H,35,38)(H,39,40). The molecular weight excluding hydrogens is 550 g/mol. The van der Waals surface area contributed by atoms with Gasteiger partial charge in [-0.05, 0) is 74.6 Å². The van der Waals surface area contributed by atoms with Crippen molar-refractivity contribution in [1.29, 1.82) is 0 Å². The molecule has 0 aliphatic heterocycles. The molecule has 9 nitrogen and oxygen atoms in total. The first-order valence-electron chi connectivity index (χ1n) is 14.0. The van der Waals surface area contributed by atoms with E-state index in [-0.39, 0.29) is 17.5 Å². The number of aromatic nitrogens is 3. The lowest BCUT2D eigenvalue weighted by atomic mass is 9.94. The van der Waals surface area contributed by atoms with Crippen LogP contribution in [0.2, 0.25) is 0 Å². The minimum atomic E-state index is -1.22. The van der Waals surface area contributed by atoms with Crippen LogP contribution in [0.5, 0.6) is 0 Å². The molecule has 5 aromatic rings. The second-order valence-corrected chi connectivity index (χ2v) is 12.5. The van der Waals surface area contributed by atoms with Crippen LogP contribution in [-0.4, -0.2) is 42.5 Å². The fourth-order valence-corrected chi connectivity index (χ4v) is 6.90. The largest absolute Gasteiger partial charge is 0.477 e. The number of carbonyl (C=O) groups excluding carboxylic acids is 2. The minimum absolute atomic E-state index is 0.158. The van der Waals surface area contributed by atoms with Crippen molar-refractivity contribution in [2.24, 2.45) is 14.1 Å². The van der Waals surface area contributed by atoms with Gasteiger partial charge in [-0.25, -0.2) is 9.78 Å². The van der Waals surface area contributed by atoms with Crippen LogP contribution in [0.1, 0.15) is 71.9 Å². The van der Waals surface area contributed by atoms with Gasteiger partial charge in [0.2, 0.25) is 5.91 Å². The number of aromatic carboxylic acids is 1. The Morgan fingerprint density at radius 2 is 1.76 bits per heavy atom. The third kappa shape index (κ3) is 4.75. The summed E-state index contributed by atoms with van der Waals surface area (Å²) in [4.78, 5) is 42.8. The molecule has 0 saturated heterocycles. The van der Waals surface area contributed by atoms with E-state index in [1.165, 1.54) is 18.4 Å². The molecule has 3 N–H and O–H groups in total. The third-order valence-corrected chi connectivity index (χ3v) is 9.19. The monoisotopic (exact) mass is 583 g/mol. The number of carbonyl (C=O) groups is 3. The Kier molecular flexibility index (Phi) is 6.89. The van der Waals surface area contributed by atoms with Crippen LogP contribution < -0.4 is 10.6 Å². The molecule has 0 spiro atoms. The molecule has 0 atom stereocenters. The Morgan fingerprint density at radius 1 is 1.00 bits per heavy atom. The van der Waals surface area contributed by atoms with Crippen molar-refractivity contribution in [3.05, 3.63) is 70.9 Å². The van der Waals surface area contributed by atoms with Gasteiger partial charge in [0, 0.05) is 58.7 Å². The summed E-state index contributed by atoms with van der Waals surface area (Å²) in [6.45, 7) is 3.31. The first-order valence-corrected chi connectivity index (χ1v) is 14.9. The molecule has 0 radical (unpaired) electrons. The summed E-state index contributed by atoms with van der Waals surface area (Å²) < 4.78 is 3.74. The summed E-state index contributed by atoms with van der Waals surface area (Å²) in [5.74, 6) is -1.29. The predicted octanol–water partition coefficient (Wildman–Crippen LogP) is 6.30. The highest BCUT2D eigenvalue weighted by molar-refractivity contribution is 7.13. The number of hydrogen-bond acceptors (Lipinski definition) is 5. The number of benzene rings is 2. The molecule has 0 unspecified atom stereocenters. The van der Waals surface area contributed by atoms with E-state index < -0.39 is 11.5 Å². The lowest BCUT2D eigenvalue weighted by Gasteiger charge is -2.25. The maximum Gasteiger partial charge on any atom is 0.352 e. The van der Waals surface area contributed by atoms with Crippen LogP contribution in [0.3, 0.4) is 0 Å². The molecule has 216 valence electrons. The smallest absolute Gasteiger partial charge is 0.352 e. The van der Waals surface area contributed by atoms with E-state index in [1.807, 2.05) is 36.8 Å². The summed E-state index contributed by atoms with van der Waals surface area (Å²) >= 11 is 1.62. The Balaban J connectivity index is 1.25. The molecule has 2 amide bonds. The van der Waals surface area contributed by atoms with Crippen molar-refractivity contribution >= 4 is 56.6 Å². The van der Waals surface area contributed by atoms with E-state index in [0.717, 1.165) is 40.0 Å². The zero-order valence-corrected chi connectivity index (χ0v) is 24.8. The van der Waals surface area contributed by atoms with E-state index in [4.69, 9.17) is 0 Å². The molecule has 6 rings (SSSR count). The number of carboxylic acid groups (broad SMARTS) is 1. The summed E-state index contributed by atoms with van der Waals surface area (Å²) in [6, 6.07) is 12.5. The van der Waals surface area contributed by atoms with E-state index in [0.29, 0.717) is 22.6 Å². The van der Waals surface area contributed by atoms with Gasteiger partial charge in [0.25, 0.3) is 5.91 Å². The fourth-order valence-electron chi connectivity index (χ4n) is 6.17. The zero-order chi connectivity index (χ0) is 29.8. The van der Waals surface area contributed by atoms with Crippen molar-refractivity contribution in [2.75, 3.05) is 5.32 Å². The third-order valence-electron chi connectivity index (χ3n) is 8.41. The number of fused-ring (bicyclic) bond motifs is 2. The number of rotatable bonds is 7. The number of nitrogens with one attached hydrogen (secondary N) is 2. The molecule has 1 fully saturated rings. The van der Waals surface area contributed by atoms with Gasteiger partial charge in [-0.3, -0.25) is 9.59 Å². The molecule has 1 saturated carbocycles. The maximum atomic E-state index is 13.5. The SMILES string of the molecule is Cn1c(C(=O)O)cc2cc(NC(=O)C(C)(C)NC(=O)c3ccc4c(C5CCCC5)c(-c5nccs5)n(C)c4c3)ccc21. The van der Waals surface area contributed by atoms with Gasteiger partial charge in [0.1, 0.15) is 16.2 Å². The lowest BCUT2D eigenvalue weighted by Crippen LogP contribution is -2.52. The number of carboxylic acids is 1. The Morgan fingerprint density at radius 3 is 2.45 bits per heavy atom. The summed E-state index contributed by atoms with van der Waals surface area (Å²) in [6.07, 6.45) is 6.58. The highest BCUT2D eigenvalue weighted by Crippen LogP contribution is 2.45. The van der Waals surface area contributed by atoms with Crippen LogP contribution in [0.15, 0.2) is 54.0 Å². The number of hydrogen-bond donors (Lipinski definition) is 3. The molecule has 1 aliphatic carbocycles. The van der Waals surface area contributed by atoms with Gasteiger partial charge >= 0.3 is 5.97 Å². The quantitative estimate of drug-likeness (QED) is 0.208. The molecule has 42 heavy (non-hydrogen) atoms. The van der Waals surface area contributed by atoms with Crippen molar-refractivity contribution in [1.82, 2.24) is 19.4 Å². The molecule has 1 aliphatic rings. The predicted molar refractivity (Wildman–Crippen MR) is 165 cm³/mol. The van der Waals surface area contributed by atoms with Crippen molar-refractivity contribution in [3.63, 3.8) is 0 Å². The zero-order valence-electron chi connectivity index (χ0n) is 24.0. The van der Waals surface area contributed by atoms with E-state index in [2.05, 4.69) is 20.2 Å². The molecule has 10 heteroatoms. The summed E-state index contributed by atoms with van der Waals surface area (Å²) in [5.41, 5.74) is 4.06. The van der Waals surface area contributed by atoms with E-state index in [1.54, 1.807) is 61.1 Å². The number of anilines is 1. The van der Waals surface area contributed by atoms with Gasteiger partial charge < -0.3 is 24.9 Å². The average molecular weight is 584 g/mol. The minimum Gasteiger partial charge on any atom is -0.477 e. The Bertz CT molecular complexity index is 1860.